The zero-order valence-corrected chi connectivity index (χ0v) is 23.5. The third-order valence-corrected chi connectivity index (χ3v) is 7.19. The van der Waals surface area contributed by atoms with E-state index >= 15 is 0 Å². The number of hydrogen-bond donors (Lipinski definition) is 1. The normalized spacial score (nSPS) is 15.5. The second kappa shape index (κ2) is 11.2. The van der Waals surface area contributed by atoms with Crippen molar-refractivity contribution in [1.29, 1.82) is 0 Å². The SMILES string of the molecule is COc1cc(C(C)(C)CC(=O)CC2(CC(=O)c3cc(-c4ccc(F)cc4F)on3)CN(CC(C)(C)O)C2)ccn1. The van der Waals surface area contributed by atoms with Crippen LogP contribution in [0.25, 0.3) is 11.3 Å². The van der Waals surface area contributed by atoms with Crippen molar-refractivity contribution in [2.75, 3.05) is 26.7 Å². The molecule has 3 aromatic rings. The topological polar surface area (TPSA) is 106 Å². The van der Waals surface area contributed by atoms with Gasteiger partial charge < -0.3 is 14.4 Å². The maximum Gasteiger partial charge on any atom is 0.213 e. The lowest BCUT2D eigenvalue weighted by Crippen LogP contribution is -2.60. The first-order chi connectivity index (χ1) is 18.7. The molecule has 1 aliphatic heterocycles. The number of benzene rings is 1. The molecule has 40 heavy (non-hydrogen) atoms. The molecule has 10 heteroatoms. The third-order valence-electron chi connectivity index (χ3n) is 7.19. The minimum absolute atomic E-state index is 0.00529. The first-order valence-corrected chi connectivity index (χ1v) is 13.1. The zero-order valence-electron chi connectivity index (χ0n) is 23.5. The van der Waals surface area contributed by atoms with Crippen molar-refractivity contribution in [2.24, 2.45) is 5.41 Å². The Labute approximate surface area is 232 Å². The lowest BCUT2D eigenvalue weighted by atomic mass is 9.69. The van der Waals surface area contributed by atoms with Crippen LogP contribution in [0.1, 0.15) is 63.0 Å². The van der Waals surface area contributed by atoms with Crippen molar-refractivity contribution in [2.45, 2.75) is 58.0 Å². The molecule has 8 nitrogen and oxygen atoms in total. The van der Waals surface area contributed by atoms with Crippen LogP contribution in [0.4, 0.5) is 8.78 Å². The van der Waals surface area contributed by atoms with Crippen LogP contribution in [0.5, 0.6) is 5.88 Å². The summed E-state index contributed by atoms with van der Waals surface area (Å²) >= 11 is 0. The number of likely N-dealkylation sites (tertiary alicyclic amines) is 1. The second-order valence-corrected chi connectivity index (χ2v) is 12.1. The fraction of sp³-hybridized carbons (Fsp3) is 0.467. The van der Waals surface area contributed by atoms with Gasteiger partial charge in [0.2, 0.25) is 5.88 Å². The molecule has 1 saturated heterocycles. The number of carbonyl (C=O) groups excluding carboxylic acids is 2. The van der Waals surface area contributed by atoms with E-state index in [1.165, 1.54) is 19.2 Å². The molecule has 0 atom stereocenters. The molecule has 0 bridgehead atoms. The molecule has 0 spiro atoms. The largest absolute Gasteiger partial charge is 0.481 e. The summed E-state index contributed by atoms with van der Waals surface area (Å²) in [6, 6.07) is 8.05. The van der Waals surface area contributed by atoms with Gasteiger partial charge in [-0.2, -0.15) is 0 Å². The quantitative estimate of drug-likeness (QED) is 0.312. The van der Waals surface area contributed by atoms with Gasteiger partial charge in [0, 0.05) is 68.7 Å². The highest BCUT2D eigenvalue weighted by Gasteiger charge is 2.47. The molecule has 0 amide bonds. The Morgan fingerprint density at radius 1 is 1.10 bits per heavy atom. The molecule has 0 aliphatic carbocycles. The van der Waals surface area contributed by atoms with Crippen LogP contribution in [-0.2, 0) is 10.2 Å². The van der Waals surface area contributed by atoms with Crippen LogP contribution in [0, 0.1) is 17.0 Å². The summed E-state index contributed by atoms with van der Waals surface area (Å²) in [4.78, 5) is 32.9. The smallest absolute Gasteiger partial charge is 0.213 e. The first kappa shape index (κ1) is 29.5. The summed E-state index contributed by atoms with van der Waals surface area (Å²) in [5.41, 5.74) is -1.15. The van der Waals surface area contributed by atoms with Gasteiger partial charge in [0.25, 0.3) is 0 Å². The van der Waals surface area contributed by atoms with E-state index in [9.17, 15) is 23.5 Å². The number of ketones is 2. The molecule has 1 aliphatic rings. The van der Waals surface area contributed by atoms with E-state index in [4.69, 9.17) is 9.26 Å². The maximum absolute atomic E-state index is 14.2. The number of hydrogen-bond acceptors (Lipinski definition) is 8. The molecule has 2 aromatic heterocycles. The van der Waals surface area contributed by atoms with Crippen LogP contribution in [-0.4, -0.2) is 64.1 Å². The third kappa shape index (κ3) is 6.98. The van der Waals surface area contributed by atoms with Crippen LogP contribution in [0.15, 0.2) is 47.1 Å². The van der Waals surface area contributed by atoms with E-state index in [2.05, 4.69) is 10.1 Å². The predicted octanol–water partition coefficient (Wildman–Crippen LogP) is 5.00. The Hall–Kier alpha value is -3.50. The molecule has 1 aromatic carbocycles. The lowest BCUT2D eigenvalue weighted by molar-refractivity contribution is -0.127. The lowest BCUT2D eigenvalue weighted by Gasteiger charge is -2.51. The number of pyridine rings is 1. The van der Waals surface area contributed by atoms with Gasteiger partial charge in [0.1, 0.15) is 23.1 Å². The number of carbonyl (C=O) groups is 2. The molecular formula is C30H35F2N3O5. The number of β-amino-alcohol motifs (C(OH)–C–C–N with tert-alkyl or cyclic N) is 1. The number of aliphatic hydroxyl groups is 1. The van der Waals surface area contributed by atoms with E-state index in [0.29, 0.717) is 25.5 Å². The number of methoxy groups -OCH3 is 1. The highest BCUT2D eigenvalue weighted by molar-refractivity contribution is 5.96. The number of halogens is 2. The first-order valence-electron chi connectivity index (χ1n) is 13.1. The predicted molar refractivity (Wildman–Crippen MR) is 144 cm³/mol. The van der Waals surface area contributed by atoms with Crippen LogP contribution < -0.4 is 4.74 Å². The van der Waals surface area contributed by atoms with Crippen molar-refractivity contribution < 1.29 is 32.7 Å². The fourth-order valence-corrected chi connectivity index (χ4v) is 5.52. The molecule has 0 unspecified atom stereocenters. The number of ether oxygens (including phenoxy) is 1. The van der Waals surface area contributed by atoms with Crippen molar-refractivity contribution in [3.63, 3.8) is 0 Å². The van der Waals surface area contributed by atoms with Crippen molar-refractivity contribution >= 4 is 11.6 Å². The molecule has 0 radical (unpaired) electrons. The van der Waals surface area contributed by atoms with Crippen molar-refractivity contribution in [3.05, 3.63) is 65.5 Å². The molecule has 4 rings (SSSR count). The van der Waals surface area contributed by atoms with Gasteiger partial charge in [0.15, 0.2) is 11.5 Å². The molecule has 3 heterocycles. The Kier molecular flexibility index (Phi) is 8.23. The van der Waals surface area contributed by atoms with Gasteiger partial charge in [-0.1, -0.05) is 19.0 Å². The highest BCUT2D eigenvalue weighted by Crippen LogP contribution is 2.41. The molecule has 1 N–H and O–H groups in total. The van der Waals surface area contributed by atoms with Gasteiger partial charge in [-0.15, -0.1) is 0 Å². The number of nitrogens with zero attached hydrogens (tertiary/aromatic N) is 3. The van der Waals surface area contributed by atoms with Gasteiger partial charge in [0.05, 0.1) is 18.3 Å². The van der Waals surface area contributed by atoms with Crippen molar-refractivity contribution in [1.82, 2.24) is 15.0 Å². The van der Waals surface area contributed by atoms with Gasteiger partial charge in [-0.05, 0) is 43.0 Å². The molecule has 1 fully saturated rings. The summed E-state index contributed by atoms with van der Waals surface area (Å²) in [7, 11) is 1.54. The Balaban J connectivity index is 1.50. The molecular weight excluding hydrogens is 520 g/mol. The van der Waals surface area contributed by atoms with Gasteiger partial charge in [-0.3, -0.25) is 14.5 Å². The standard InChI is InChI=1S/C30H35F2N3O5/c1-28(2,19-8-9-33-27(10-19)39-5)13-21(36)14-30(17-35(18-30)16-29(3,4)38)15-25(37)24-12-26(40-34-24)22-7-6-20(31)11-23(22)32/h6-12,38H,13-18H2,1-5H3. The average molecular weight is 556 g/mol. The van der Waals surface area contributed by atoms with Crippen LogP contribution >= 0.6 is 0 Å². The summed E-state index contributed by atoms with van der Waals surface area (Å²) in [5.74, 6) is -1.41. The van der Waals surface area contributed by atoms with Crippen LogP contribution in [0.3, 0.4) is 0 Å². The van der Waals surface area contributed by atoms with E-state index in [1.807, 2.05) is 30.9 Å². The van der Waals surface area contributed by atoms with E-state index in [1.54, 1.807) is 20.0 Å². The van der Waals surface area contributed by atoms with Gasteiger partial charge in [-0.25, -0.2) is 13.8 Å². The van der Waals surface area contributed by atoms with E-state index < -0.39 is 28.1 Å². The maximum atomic E-state index is 14.2. The van der Waals surface area contributed by atoms with E-state index in [0.717, 1.165) is 17.7 Å². The number of aromatic nitrogens is 2. The Morgan fingerprint density at radius 2 is 1.82 bits per heavy atom. The second-order valence-electron chi connectivity index (χ2n) is 12.1. The summed E-state index contributed by atoms with van der Waals surface area (Å²) < 4.78 is 38.0. The minimum atomic E-state index is -0.928. The number of rotatable bonds is 12. The summed E-state index contributed by atoms with van der Waals surface area (Å²) in [6.45, 7) is 8.68. The summed E-state index contributed by atoms with van der Waals surface area (Å²) in [5, 5.41) is 14.1. The highest BCUT2D eigenvalue weighted by atomic mass is 19.1. The molecule has 0 saturated carbocycles. The summed E-state index contributed by atoms with van der Waals surface area (Å²) in [6.07, 6.45) is 2.09. The van der Waals surface area contributed by atoms with Crippen molar-refractivity contribution in [3.8, 4) is 17.2 Å². The monoisotopic (exact) mass is 555 g/mol. The Bertz CT molecular complexity index is 1390. The minimum Gasteiger partial charge on any atom is -0.481 e. The zero-order chi connectivity index (χ0) is 29.3. The molecule has 214 valence electrons. The number of Topliss-reactive ketones (excluding diaryl/α,β-unsaturated/α-hetero) is 2. The van der Waals surface area contributed by atoms with E-state index in [-0.39, 0.29) is 47.8 Å². The van der Waals surface area contributed by atoms with Crippen LogP contribution in [0.2, 0.25) is 0 Å². The fourth-order valence-electron chi connectivity index (χ4n) is 5.52. The Morgan fingerprint density at radius 3 is 2.48 bits per heavy atom. The van der Waals surface area contributed by atoms with Gasteiger partial charge >= 0.3 is 0 Å². The average Bonchev–Trinajstić information content (AvgIpc) is 3.32.